The van der Waals surface area contributed by atoms with E-state index in [1.807, 2.05) is 0 Å². The summed E-state index contributed by atoms with van der Waals surface area (Å²) in [7, 11) is 2.25. The van der Waals surface area contributed by atoms with Gasteiger partial charge >= 0.3 is 0 Å². The molecule has 0 radical (unpaired) electrons. The Kier molecular flexibility index (Phi) is 4.82. The molecule has 90 valence electrons. The maximum atomic E-state index is 3.52. The molecule has 1 aliphatic carbocycles. The van der Waals surface area contributed by atoms with E-state index >= 15 is 0 Å². The smallest absolute Gasteiger partial charge is 0.0107 e. The summed E-state index contributed by atoms with van der Waals surface area (Å²) < 4.78 is 0. The van der Waals surface area contributed by atoms with Crippen LogP contribution in [0.2, 0.25) is 0 Å². The van der Waals surface area contributed by atoms with Crippen molar-refractivity contribution in [2.24, 2.45) is 0 Å². The topological polar surface area (TPSA) is 15.3 Å². The van der Waals surface area contributed by atoms with Crippen LogP contribution in [-0.4, -0.2) is 37.6 Å². The van der Waals surface area contributed by atoms with Crippen LogP contribution >= 0.6 is 11.3 Å². The first kappa shape index (κ1) is 12.1. The Bertz CT molecular complexity index is 280. The highest BCUT2D eigenvalue weighted by atomic mass is 32.1. The lowest BCUT2D eigenvalue weighted by Gasteiger charge is -2.34. The van der Waals surface area contributed by atoms with E-state index in [1.54, 1.807) is 11.3 Å². The molecule has 1 aliphatic rings. The molecule has 2 rings (SSSR count). The third kappa shape index (κ3) is 3.58. The van der Waals surface area contributed by atoms with Gasteiger partial charge in [-0.3, -0.25) is 0 Å². The molecule has 0 spiro atoms. The van der Waals surface area contributed by atoms with Crippen LogP contribution in [0.3, 0.4) is 0 Å². The summed E-state index contributed by atoms with van der Waals surface area (Å²) in [6.45, 7) is 3.42. The minimum Gasteiger partial charge on any atom is -0.315 e. The summed E-state index contributed by atoms with van der Waals surface area (Å²) >= 11 is 1.79. The molecule has 0 atom stereocenters. The lowest BCUT2D eigenvalue weighted by molar-refractivity contribution is 0.160. The number of likely N-dealkylation sites (N-methyl/N-ethyl adjacent to an activating group) is 1. The van der Waals surface area contributed by atoms with Gasteiger partial charge in [-0.15, -0.1) is 0 Å². The number of nitrogens with one attached hydrogen (secondary N) is 1. The van der Waals surface area contributed by atoms with E-state index in [4.69, 9.17) is 0 Å². The summed E-state index contributed by atoms with van der Waals surface area (Å²) in [5.41, 5.74) is 1.46. The lowest BCUT2D eigenvalue weighted by atomic mass is 9.92. The van der Waals surface area contributed by atoms with E-state index in [9.17, 15) is 0 Å². The van der Waals surface area contributed by atoms with Crippen molar-refractivity contribution >= 4 is 11.3 Å². The van der Waals surface area contributed by atoms with Crippen molar-refractivity contribution < 1.29 is 0 Å². The van der Waals surface area contributed by atoms with E-state index in [-0.39, 0.29) is 0 Å². The Hall–Kier alpha value is -0.380. The number of hydrogen-bond acceptors (Lipinski definition) is 3. The lowest BCUT2D eigenvalue weighted by Crippen LogP contribution is -2.41. The molecule has 3 heteroatoms. The first-order valence-electron chi connectivity index (χ1n) is 6.28. The minimum atomic E-state index is 0.874. The van der Waals surface area contributed by atoms with Gasteiger partial charge < -0.3 is 10.2 Å². The Morgan fingerprint density at radius 1 is 1.44 bits per heavy atom. The van der Waals surface area contributed by atoms with E-state index < -0.39 is 0 Å². The third-order valence-electron chi connectivity index (χ3n) is 3.51. The van der Waals surface area contributed by atoms with Crippen LogP contribution in [-0.2, 0) is 6.42 Å². The molecule has 1 saturated carbocycles. The fourth-order valence-corrected chi connectivity index (χ4v) is 2.76. The van der Waals surface area contributed by atoms with Crippen molar-refractivity contribution in [2.75, 3.05) is 26.7 Å². The van der Waals surface area contributed by atoms with Gasteiger partial charge in [0, 0.05) is 19.1 Å². The van der Waals surface area contributed by atoms with Gasteiger partial charge in [-0.2, -0.15) is 11.3 Å². The predicted molar refractivity (Wildman–Crippen MR) is 71.2 cm³/mol. The number of nitrogens with zero attached hydrogens (tertiary/aromatic N) is 1. The van der Waals surface area contributed by atoms with Crippen molar-refractivity contribution in [3.63, 3.8) is 0 Å². The van der Waals surface area contributed by atoms with E-state index in [2.05, 4.69) is 34.1 Å². The van der Waals surface area contributed by atoms with Gasteiger partial charge in [-0.1, -0.05) is 6.42 Å². The summed E-state index contributed by atoms with van der Waals surface area (Å²) in [5.74, 6) is 0. The second-order valence-corrected chi connectivity index (χ2v) is 5.48. The number of hydrogen-bond donors (Lipinski definition) is 1. The van der Waals surface area contributed by atoms with Crippen LogP contribution < -0.4 is 5.32 Å². The van der Waals surface area contributed by atoms with Crippen LogP contribution in [0.25, 0.3) is 0 Å². The molecule has 1 heterocycles. The molecule has 0 bridgehead atoms. The number of rotatable bonds is 7. The summed E-state index contributed by atoms with van der Waals surface area (Å²) in [6.07, 6.45) is 5.41. The maximum absolute atomic E-state index is 3.52. The van der Waals surface area contributed by atoms with Gasteiger partial charge in [0.1, 0.15) is 0 Å². The van der Waals surface area contributed by atoms with Crippen LogP contribution in [0.15, 0.2) is 16.8 Å². The fourth-order valence-electron chi connectivity index (χ4n) is 2.06. The first-order valence-corrected chi connectivity index (χ1v) is 7.22. The Labute approximate surface area is 103 Å². The molecule has 1 aromatic heterocycles. The zero-order valence-corrected chi connectivity index (χ0v) is 10.9. The van der Waals surface area contributed by atoms with Gasteiger partial charge in [0.05, 0.1) is 0 Å². The van der Waals surface area contributed by atoms with Crippen LogP contribution in [0.1, 0.15) is 24.8 Å². The zero-order chi connectivity index (χ0) is 11.2. The van der Waals surface area contributed by atoms with Crippen LogP contribution in [0.4, 0.5) is 0 Å². The average molecular weight is 238 g/mol. The molecule has 1 fully saturated rings. The van der Waals surface area contributed by atoms with Crippen molar-refractivity contribution in [1.29, 1.82) is 0 Å². The highest BCUT2D eigenvalue weighted by Crippen LogP contribution is 2.22. The fraction of sp³-hybridized carbons (Fsp3) is 0.692. The molecular weight excluding hydrogens is 216 g/mol. The van der Waals surface area contributed by atoms with E-state index in [1.165, 1.54) is 31.4 Å². The second kappa shape index (κ2) is 6.38. The summed E-state index contributed by atoms with van der Waals surface area (Å²) in [4.78, 5) is 2.50. The van der Waals surface area contributed by atoms with E-state index in [0.717, 1.165) is 25.6 Å². The molecule has 1 N–H and O–H groups in total. The zero-order valence-electron chi connectivity index (χ0n) is 10.1. The second-order valence-electron chi connectivity index (χ2n) is 4.70. The monoisotopic (exact) mass is 238 g/mol. The highest BCUT2D eigenvalue weighted by molar-refractivity contribution is 7.07. The molecule has 0 amide bonds. The van der Waals surface area contributed by atoms with Crippen LogP contribution in [0, 0.1) is 0 Å². The van der Waals surface area contributed by atoms with Gasteiger partial charge in [-0.05, 0) is 55.2 Å². The van der Waals surface area contributed by atoms with Crippen molar-refractivity contribution in [3.8, 4) is 0 Å². The Morgan fingerprint density at radius 2 is 2.31 bits per heavy atom. The summed E-state index contributed by atoms with van der Waals surface area (Å²) in [5, 5.41) is 7.91. The predicted octanol–water partition coefficient (Wildman–Crippen LogP) is 2.36. The maximum Gasteiger partial charge on any atom is 0.0107 e. The average Bonchev–Trinajstić information content (AvgIpc) is 2.67. The van der Waals surface area contributed by atoms with E-state index in [0.29, 0.717) is 0 Å². The van der Waals surface area contributed by atoms with Crippen molar-refractivity contribution in [3.05, 3.63) is 22.4 Å². The standard InChI is InChI=1S/C13H22N2S/c1-15(13-3-2-4-13)9-8-14-7-5-12-6-10-16-11-12/h6,10-11,13-14H,2-5,7-9H2,1H3. The highest BCUT2D eigenvalue weighted by Gasteiger charge is 2.20. The van der Waals surface area contributed by atoms with Crippen LogP contribution in [0.5, 0.6) is 0 Å². The van der Waals surface area contributed by atoms with Gasteiger partial charge in [0.15, 0.2) is 0 Å². The summed E-state index contributed by atoms with van der Waals surface area (Å²) in [6, 6.07) is 3.09. The number of thiophene rings is 1. The molecule has 0 aliphatic heterocycles. The molecule has 0 aromatic carbocycles. The molecule has 0 saturated heterocycles. The molecule has 16 heavy (non-hydrogen) atoms. The normalized spacial score (nSPS) is 16.6. The molecule has 0 unspecified atom stereocenters. The SMILES string of the molecule is CN(CCNCCc1ccsc1)C1CCC1. The van der Waals surface area contributed by atoms with Crippen molar-refractivity contribution in [2.45, 2.75) is 31.7 Å². The largest absolute Gasteiger partial charge is 0.315 e. The molecular formula is C13H22N2S. The first-order chi connectivity index (χ1) is 7.86. The quantitative estimate of drug-likeness (QED) is 0.734. The molecule has 1 aromatic rings. The Balaban J connectivity index is 1.48. The van der Waals surface area contributed by atoms with Gasteiger partial charge in [0.2, 0.25) is 0 Å². The van der Waals surface area contributed by atoms with Crippen molar-refractivity contribution in [1.82, 2.24) is 10.2 Å². The van der Waals surface area contributed by atoms with Gasteiger partial charge in [-0.25, -0.2) is 0 Å². The van der Waals surface area contributed by atoms with Gasteiger partial charge in [0.25, 0.3) is 0 Å². The minimum absolute atomic E-state index is 0.874. The molecule has 2 nitrogen and oxygen atoms in total. The third-order valence-corrected chi connectivity index (χ3v) is 4.24. The Morgan fingerprint density at radius 3 is 2.94 bits per heavy atom.